The first kappa shape index (κ1) is 27.3. The molecule has 4 aromatic rings. The first-order chi connectivity index (χ1) is 19.7. The second-order valence-corrected chi connectivity index (χ2v) is 11.2. The normalized spacial score (nSPS) is 17.8. The molecule has 0 N–H and O–H groups in total. The first-order valence-electron chi connectivity index (χ1n) is 13.6. The number of hydrogen-bond donors (Lipinski definition) is 0. The van der Waals surface area contributed by atoms with Crippen LogP contribution in [0.2, 0.25) is 5.02 Å². The van der Waals surface area contributed by atoms with Gasteiger partial charge < -0.3 is 4.42 Å². The van der Waals surface area contributed by atoms with Gasteiger partial charge in [0.25, 0.3) is 5.91 Å². The van der Waals surface area contributed by atoms with E-state index in [2.05, 4.69) is 4.90 Å². The van der Waals surface area contributed by atoms with Crippen molar-refractivity contribution < 1.29 is 18.0 Å². The van der Waals surface area contributed by atoms with Crippen molar-refractivity contribution in [3.63, 3.8) is 0 Å². The van der Waals surface area contributed by atoms with Gasteiger partial charge in [0.2, 0.25) is 0 Å². The molecule has 1 aromatic heterocycles. The molecular formula is C32H28ClF2N3O3. The smallest absolute Gasteiger partial charge is 0.265 e. The van der Waals surface area contributed by atoms with Crippen LogP contribution in [0.15, 0.2) is 87.2 Å². The van der Waals surface area contributed by atoms with Gasteiger partial charge in [0.15, 0.2) is 11.0 Å². The van der Waals surface area contributed by atoms with Gasteiger partial charge in [-0.05, 0) is 92.4 Å². The van der Waals surface area contributed by atoms with Crippen molar-refractivity contribution in [2.75, 3.05) is 19.6 Å². The third kappa shape index (κ3) is 5.06. The number of piperidine rings is 1. The predicted molar refractivity (Wildman–Crippen MR) is 154 cm³/mol. The van der Waals surface area contributed by atoms with Gasteiger partial charge in [0, 0.05) is 23.7 Å². The highest BCUT2D eigenvalue weighted by Crippen LogP contribution is 2.41. The van der Waals surface area contributed by atoms with Crippen molar-refractivity contribution in [2.45, 2.75) is 31.8 Å². The molecule has 3 aromatic carbocycles. The molecule has 0 atom stereocenters. The molecule has 9 heteroatoms. The standard InChI is InChI=1S/C32H28ClF2N3O3/c1-20-36-32(23-2-7-26(34)8-3-23,24-4-9-27(35)10-5-24)31(40)38(20)17-21-12-14-37(15-13-21)18-22-19-41-29-11-6-25(33)16-28(29)30(22)39/h2-11,16,19,21H,12-15,17-18H2,1H3. The maximum Gasteiger partial charge on any atom is 0.265 e. The molecule has 1 saturated heterocycles. The molecular weight excluding hydrogens is 548 g/mol. The molecule has 1 amide bonds. The molecule has 0 spiro atoms. The lowest BCUT2D eigenvalue weighted by molar-refractivity contribution is -0.130. The Kier molecular flexibility index (Phi) is 7.21. The molecule has 0 saturated carbocycles. The van der Waals surface area contributed by atoms with E-state index in [1.54, 1.807) is 54.3 Å². The minimum Gasteiger partial charge on any atom is -0.464 e. The van der Waals surface area contributed by atoms with Crippen LogP contribution in [0.1, 0.15) is 36.5 Å². The molecule has 0 aliphatic carbocycles. The summed E-state index contributed by atoms with van der Waals surface area (Å²) in [5.41, 5.74) is 0.665. The van der Waals surface area contributed by atoms with Crippen LogP contribution in [-0.2, 0) is 16.9 Å². The monoisotopic (exact) mass is 575 g/mol. The second-order valence-electron chi connectivity index (χ2n) is 10.7. The Bertz CT molecular complexity index is 1650. The van der Waals surface area contributed by atoms with Crippen molar-refractivity contribution in [2.24, 2.45) is 10.9 Å². The van der Waals surface area contributed by atoms with Crippen LogP contribution in [0.5, 0.6) is 0 Å². The van der Waals surface area contributed by atoms with Crippen molar-refractivity contribution in [1.82, 2.24) is 9.80 Å². The molecule has 0 unspecified atom stereocenters. The molecule has 0 bridgehead atoms. The van der Waals surface area contributed by atoms with Crippen molar-refractivity contribution in [1.29, 1.82) is 0 Å². The van der Waals surface area contributed by atoms with Crippen molar-refractivity contribution in [3.05, 3.63) is 117 Å². The molecule has 41 heavy (non-hydrogen) atoms. The summed E-state index contributed by atoms with van der Waals surface area (Å²) in [5, 5.41) is 0.957. The Morgan fingerprint density at radius 1 is 0.951 bits per heavy atom. The van der Waals surface area contributed by atoms with Gasteiger partial charge in [-0.25, -0.2) is 13.8 Å². The van der Waals surface area contributed by atoms with Crippen LogP contribution in [-0.4, -0.2) is 41.2 Å². The van der Waals surface area contributed by atoms with E-state index in [9.17, 15) is 18.4 Å². The number of fused-ring (bicyclic) bond motifs is 1. The van der Waals surface area contributed by atoms with Crippen LogP contribution < -0.4 is 5.43 Å². The fraction of sp³-hybridized carbons (Fsp3) is 0.281. The van der Waals surface area contributed by atoms with E-state index < -0.39 is 17.2 Å². The first-order valence-corrected chi connectivity index (χ1v) is 14.0. The zero-order valence-electron chi connectivity index (χ0n) is 22.4. The summed E-state index contributed by atoms with van der Waals surface area (Å²) in [6, 6.07) is 16.5. The number of benzene rings is 3. The number of halogens is 3. The minimum absolute atomic E-state index is 0.0803. The maximum absolute atomic E-state index is 14.1. The molecule has 2 aliphatic rings. The zero-order chi connectivity index (χ0) is 28.7. The molecule has 210 valence electrons. The number of likely N-dealkylation sites (tertiary alicyclic amines) is 1. The zero-order valence-corrected chi connectivity index (χ0v) is 23.2. The van der Waals surface area contributed by atoms with Gasteiger partial charge in [-0.1, -0.05) is 35.9 Å². The summed E-state index contributed by atoms with van der Waals surface area (Å²) in [5.74, 6) is -0.267. The fourth-order valence-corrected chi connectivity index (χ4v) is 6.08. The average Bonchev–Trinajstić information content (AvgIpc) is 3.22. The summed E-state index contributed by atoms with van der Waals surface area (Å²) >= 11 is 6.08. The molecule has 1 fully saturated rings. The molecule has 0 radical (unpaired) electrons. The third-order valence-corrected chi connectivity index (χ3v) is 8.38. The Morgan fingerprint density at radius 2 is 1.56 bits per heavy atom. The Labute approximate surface area is 240 Å². The fourth-order valence-electron chi connectivity index (χ4n) is 5.91. The SMILES string of the molecule is CC1=NC(c2ccc(F)cc2)(c2ccc(F)cc2)C(=O)N1CC1CCN(Cc2coc3ccc(Cl)cc3c2=O)CC1. The lowest BCUT2D eigenvalue weighted by Crippen LogP contribution is -2.45. The number of carbonyl (C=O) groups excluding carboxylic acids is 1. The number of amidine groups is 1. The number of aliphatic imine (C=N–C) groups is 1. The number of rotatable bonds is 6. The summed E-state index contributed by atoms with van der Waals surface area (Å²) in [6.45, 7) is 4.28. The lowest BCUT2D eigenvalue weighted by atomic mass is 9.82. The van der Waals surface area contributed by atoms with Gasteiger partial charge in [-0.3, -0.25) is 19.4 Å². The van der Waals surface area contributed by atoms with Gasteiger partial charge in [0.1, 0.15) is 23.1 Å². The molecule has 6 nitrogen and oxygen atoms in total. The highest BCUT2D eigenvalue weighted by molar-refractivity contribution is 6.31. The van der Waals surface area contributed by atoms with E-state index in [4.69, 9.17) is 21.0 Å². The number of amides is 1. The number of nitrogens with zero attached hydrogens (tertiary/aromatic N) is 3. The largest absolute Gasteiger partial charge is 0.464 e. The van der Waals surface area contributed by atoms with Crippen molar-refractivity contribution in [3.8, 4) is 0 Å². The lowest BCUT2D eigenvalue weighted by Gasteiger charge is -2.34. The van der Waals surface area contributed by atoms with Gasteiger partial charge in [-0.2, -0.15) is 0 Å². The molecule has 3 heterocycles. The quantitative estimate of drug-likeness (QED) is 0.277. The van der Waals surface area contributed by atoms with Gasteiger partial charge in [0.05, 0.1) is 11.6 Å². The Hall–Kier alpha value is -3.88. The van der Waals surface area contributed by atoms with Crippen LogP contribution in [0.25, 0.3) is 11.0 Å². The highest BCUT2D eigenvalue weighted by Gasteiger charge is 2.50. The van der Waals surface area contributed by atoms with Crippen LogP contribution in [0.4, 0.5) is 8.78 Å². The van der Waals surface area contributed by atoms with E-state index in [-0.39, 0.29) is 17.3 Å². The maximum atomic E-state index is 14.1. The van der Waals surface area contributed by atoms with E-state index >= 15 is 0 Å². The summed E-state index contributed by atoms with van der Waals surface area (Å²) in [6.07, 6.45) is 3.20. The van der Waals surface area contributed by atoms with Crippen LogP contribution >= 0.6 is 11.6 Å². The van der Waals surface area contributed by atoms with Crippen LogP contribution in [0.3, 0.4) is 0 Å². The topological polar surface area (TPSA) is 66.1 Å². The number of hydrogen-bond acceptors (Lipinski definition) is 5. The Balaban J connectivity index is 1.17. The predicted octanol–water partition coefficient (Wildman–Crippen LogP) is 6.14. The van der Waals surface area contributed by atoms with E-state index in [1.807, 2.05) is 0 Å². The Morgan fingerprint density at radius 3 is 2.17 bits per heavy atom. The number of carbonyl (C=O) groups is 1. The summed E-state index contributed by atoms with van der Waals surface area (Å²) in [7, 11) is 0. The second kappa shape index (κ2) is 10.8. The third-order valence-electron chi connectivity index (χ3n) is 8.15. The highest BCUT2D eigenvalue weighted by atomic mass is 35.5. The van der Waals surface area contributed by atoms with Crippen LogP contribution in [0, 0.1) is 17.6 Å². The van der Waals surface area contributed by atoms with E-state index in [0.717, 1.165) is 25.9 Å². The summed E-state index contributed by atoms with van der Waals surface area (Å²) < 4.78 is 33.2. The average molecular weight is 576 g/mol. The minimum atomic E-state index is -1.40. The molecule has 6 rings (SSSR count). The van der Waals surface area contributed by atoms with E-state index in [0.29, 0.717) is 51.6 Å². The summed E-state index contributed by atoms with van der Waals surface area (Å²) in [4.78, 5) is 35.9. The van der Waals surface area contributed by atoms with Gasteiger partial charge in [-0.15, -0.1) is 0 Å². The molecule has 2 aliphatic heterocycles. The van der Waals surface area contributed by atoms with Crippen molar-refractivity contribution >= 4 is 34.3 Å². The van der Waals surface area contributed by atoms with Gasteiger partial charge >= 0.3 is 0 Å². The van der Waals surface area contributed by atoms with E-state index in [1.165, 1.54) is 30.5 Å².